The van der Waals surface area contributed by atoms with Crippen molar-refractivity contribution >= 4 is 11.3 Å². The Balaban J connectivity index is 1.78. The van der Waals surface area contributed by atoms with Crippen molar-refractivity contribution in [2.24, 2.45) is 0 Å². The average molecular weight is 248 g/mol. The number of nitrogens with zero attached hydrogens (tertiary/aromatic N) is 1. The van der Waals surface area contributed by atoms with Crippen molar-refractivity contribution < 1.29 is 0 Å². The Labute approximate surface area is 108 Å². The van der Waals surface area contributed by atoms with E-state index in [2.05, 4.69) is 17.5 Å². The number of hydrogen-bond acceptors (Lipinski definition) is 3. The highest BCUT2D eigenvalue weighted by Crippen LogP contribution is 2.19. The summed E-state index contributed by atoms with van der Waals surface area (Å²) in [7, 11) is 0. The molecular formula is C14H20N2S. The first-order valence-electron chi connectivity index (χ1n) is 6.60. The highest BCUT2D eigenvalue weighted by molar-refractivity contribution is 7.12. The Morgan fingerprint density at radius 3 is 2.53 bits per heavy atom. The van der Waals surface area contributed by atoms with E-state index >= 15 is 0 Å². The zero-order valence-corrected chi connectivity index (χ0v) is 11.1. The first-order chi connectivity index (χ1) is 8.38. The van der Waals surface area contributed by atoms with Gasteiger partial charge in [-0.3, -0.25) is 0 Å². The fourth-order valence-electron chi connectivity index (χ4n) is 2.44. The molecule has 0 aromatic carbocycles. The van der Waals surface area contributed by atoms with Gasteiger partial charge in [0.15, 0.2) is 0 Å². The molecule has 1 fully saturated rings. The Kier molecular flexibility index (Phi) is 5.03. The van der Waals surface area contributed by atoms with Gasteiger partial charge in [-0.1, -0.05) is 32.1 Å². The van der Waals surface area contributed by atoms with Crippen LogP contribution >= 0.6 is 11.3 Å². The first kappa shape index (κ1) is 12.6. The van der Waals surface area contributed by atoms with E-state index in [1.807, 2.05) is 6.07 Å². The quantitative estimate of drug-likeness (QED) is 0.882. The number of thiophene rings is 1. The molecular weight excluding hydrogens is 228 g/mol. The lowest BCUT2D eigenvalue weighted by Crippen LogP contribution is -2.28. The van der Waals surface area contributed by atoms with E-state index < -0.39 is 0 Å². The minimum atomic E-state index is 0.683. The molecule has 0 saturated heterocycles. The van der Waals surface area contributed by atoms with Crippen LogP contribution in [0.15, 0.2) is 12.1 Å². The molecule has 0 unspecified atom stereocenters. The van der Waals surface area contributed by atoms with Gasteiger partial charge in [-0.05, 0) is 25.0 Å². The second kappa shape index (κ2) is 6.78. The van der Waals surface area contributed by atoms with Crippen LogP contribution in [0.2, 0.25) is 0 Å². The van der Waals surface area contributed by atoms with E-state index in [9.17, 15) is 0 Å². The molecule has 3 heteroatoms. The van der Waals surface area contributed by atoms with Gasteiger partial charge in [0.05, 0.1) is 0 Å². The van der Waals surface area contributed by atoms with Gasteiger partial charge in [-0.25, -0.2) is 0 Å². The van der Waals surface area contributed by atoms with E-state index in [0.29, 0.717) is 6.04 Å². The smallest absolute Gasteiger partial charge is 0.110 e. The van der Waals surface area contributed by atoms with E-state index in [4.69, 9.17) is 5.26 Å². The maximum atomic E-state index is 8.78. The zero-order valence-electron chi connectivity index (χ0n) is 10.2. The minimum Gasteiger partial charge on any atom is -0.309 e. The predicted molar refractivity (Wildman–Crippen MR) is 72.0 cm³/mol. The van der Waals surface area contributed by atoms with Crippen LogP contribution in [0.25, 0.3) is 0 Å². The molecule has 0 amide bonds. The average Bonchev–Trinajstić information content (AvgIpc) is 2.75. The van der Waals surface area contributed by atoms with Crippen LogP contribution in [0.4, 0.5) is 0 Å². The summed E-state index contributed by atoms with van der Waals surface area (Å²) >= 11 is 1.61. The summed E-state index contributed by atoms with van der Waals surface area (Å²) in [5.41, 5.74) is 0. The van der Waals surface area contributed by atoms with Crippen LogP contribution in [0.3, 0.4) is 0 Å². The molecule has 0 aliphatic heterocycles. The van der Waals surface area contributed by atoms with Gasteiger partial charge in [0.2, 0.25) is 0 Å². The van der Waals surface area contributed by atoms with Crippen LogP contribution in [0, 0.1) is 11.3 Å². The van der Waals surface area contributed by atoms with Gasteiger partial charge in [-0.15, -0.1) is 11.3 Å². The maximum absolute atomic E-state index is 8.78. The molecule has 17 heavy (non-hydrogen) atoms. The van der Waals surface area contributed by atoms with E-state index in [-0.39, 0.29) is 0 Å². The summed E-state index contributed by atoms with van der Waals surface area (Å²) < 4.78 is 0. The molecule has 0 bridgehead atoms. The van der Waals surface area contributed by atoms with Crippen LogP contribution in [-0.4, -0.2) is 6.04 Å². The predicted octanol–water partition coefficient (Wildman–Crippen LogP) is 3.82. The maximum Gasteiger partial charge on any atom is 0.110 e. The van der Waals surface area contributed by atoms with Crippen molar-refractivity contribution in [2.75, 3.05) is 0 Å². The Morgan fingerprint density at radius 2 is 1.88 bits per heavy atom. The van der Waals surface area contributed by atoms with Crippen molar-refractivity contribution in [3.8, 4) is 6.07 Å². The molecule has 1 N–H and O–H groups in total. The molecule has 0 atom stereocenters. The van der Waals surface area contributed by atoms with Crippen molar-refractivity contribution in [3.05, 3.63) is 21.9 Å². The van der Waals surface area contributed by atoms with Gasteiger partial charge < -0.3 is 5.32 Å². The third kappa shape index (κ3) is 4.14. The van der Waals surface area contributed by atoms with Crippen molar-refractivity contribution in [1.82, 2.24) is 5.32 Å². The van der Waals surface area contributed by atoms with Crippen molar-refractivity contribution in [2.45, 2.75) is 57.5 Å². The van der Waals surface area contributed by atoms with Crippen LogP contribution in [-0.2, 0) is 6.54 Å². The number of nitriles is 1. The van der Waals surface area contributed by atoms with Gasteiger partial charge in [0.1, 0.15) is 10.9 Å². The lowest BCUT2D eigenvalue weighted by Gasteiger charge is -2.20. The Hall–Kier alpha value is -0.850. The van der Waals surface area contributed by atoms with Crippen molar-refractivity contribution in [1.29, 1.82) is 5.26 Å². The topological polar surface area (TPSA) is 35.8 Å². The van der Waals surface area contributed by atoms with Gasteiger partial charge in [0, 0.05) is 17.5 Å². The summed E-state index contributed by atoms with van der Waals surface area (Å²) in [5, 5.41) is 12.4. The summed E-state index contributed by atoms with van der Waals surface area (Å²) in [6.45, 7) is 0.928. The van der Waals surface area contributed by atoms with E-state index in [1.165, 1.54) is 49.8 Å². The highest BCUT2D eigenvalue weighted by Gasteiger charge is 2.10. The van der Waals surface area contributed by atoms with Gasteiger partial charge in [0.25, 0.3) is 0 Å². The van der Waals surface area contributed by atoms with E-state index in [0.717, 1.165) is 11.4 Å². The first-order valence-corrected chi connectivity index (χ1v) is 7.42. The standard InChI is InChI=1S/C14H20N2S/c15-10-13-8-9-14(17-13)11-16-12-6-4-2-1-3-5-7-12/h8-9,12,16H,1-7,11H2. The zero-order chi connectivity index (χ0) is 11.9. The fraction of sp³-hybridized carbons (Fsp3) is 0.643. The molecule has 0 spiro atoms. The largest absolute Gasteiger partial charge is 0.309 e. The fourth-order valence-corrected chi connectivity index (χ4v) is 3.19. The molecule has 1 aromatic rings. The highest BCUT2D eigenvalue weighted by atomic mass is 32.1. The molecule has 1 saturated carbocycles. The molecule has 1 aliphatic rings. The molecule has 0 radical (unpaired) electrons. The molecule has 92 valence electrons. The summed E-state index contributed by atoms with van der Waals surface area (Å²) in [4.78, 5) is 2.10. The Morgan fingerprint density at radius 1 is 1.18 bits per heavy atom. The summed E-state index contributed by atoms with van der Waals surface area (Å²) in [6, 6.07) is 6.86. The molecule has 1 heterocycles. The molecule has 1 aliphatic carbocycles. The lowest BCUT2D eigenvalue weighted by atomic mass is 9.97. The van der Waals surface area contributed by atoms with E-state index in [1.54, 1.807) is 11.3 Å². The minimum absolute atomic E-state index is 0.683. The third-order valence-corrected chi connectivity index (χ3v) is 4.43. The number of rotatable bonds is 3. The summed E-state index contributed by atoms with van der Waals surface area (Å²) in [5.74, 6) is 0. The third-order valence-electron chi connectivity index (χ3n) is 3.44. The normalized spacial score (nSPS) is 18.3. The second-order valence-electron chi connectivity index (χ2n) is 4.80. The van der Waals surface area contributed by atoms with Crippen LogP contribution in [0.1, 0.15) is 54.7 Å². The van der Waals surface area contributed by atoms with Gasteiger partial charge >= 0.3 is 0 Å². The molecule has 2 rings (SSSR count). The SMILES string of the molecule is N#Cc1ccc(CNC2CCCCCCC2)s1. The molecule has 1 aromatic heterocycles. The Bertz CT molecular complexity index is 370. The monoisotopic (exact) mass is 248 g/mol. The number of nitrogens with one attached hydrogen (secondary N) is 1. The van der Waals surface area contributed by atoms with Gasteiger partial charge in [-0.2, -0.15) is 5.26 Å². The number of hydrogen-bond donors (Lipinski definition) is 1. The molecule has 2 nitrogen and oxygen atoms in total. The van der Waals surface area contributed by atoms with Crippen molar-refractivity contribution in [3.63, 3.8) is 0 Å². The second-order valence-corrected chi connectivity index (χ2v) is 5.97. The van der Waals surface area contributed by atoms with Crippen LogP contribution in [0.5, 0.6) is 0 Å². The lowest BCUT2D eigenvalue weighted by molar-refractivity contribution is 0.390. The van der Waals surface area contributed by atoms with Crippen LogP contribution < -0.4 is 5.32 Å². The summed E-state index contributed by atoms with van der Waals surface area (Å²) in [6.07, 6.45) is 9.58.